The van der Waals surface area contributed by atoms with Crippen LogP contribution in [0.2, 0.25) is 5.02 Å². The van der Waals surface area contributed by atoms with E-state index in [2.05, 4.69) is 22.8 Å². The number of nitrogens with one attached hydrogen (secondary N) is 2. The number of aryl methyl sites for hydroxylation is 2. The van der Waals surface area contributed by atoms with Crippen molar-refractivity contribution in [1.29, 1.82) is 0 Å². The number of halogens is 2. The van der Waals surface area contributed by atoms with Gasteiger partial charge in [0.25, 0.3) is 0 Å². The quantitative estimate of drug-likeness (QED) is 0.594. The number of piperidine rings is 1. The van der Waals surface area contributed by atoms with Gasteiger partial charge in [0.05, 0.1) is 6.04 Å². The summed E-state index contributed by atoms with van der Waals surface area (Å²) in [5.74, 6) is -0.466. The first kappa shape index (κ1) is 21.3. The van der Waals surface area contributed by atoms with E-state index in [-0.39, 0.29) is 30.1 Å². The van der Waals surface area contributed by atoms with Crippen molar-refractivity contribution in [3.05, 3.63) is 86.9 Å². The molecule has 2 aromatic carbocycles. The van der Waals surface area contributed by atoms with Gasteiger partial charge < -0.3 is 10.6 Å². The lowest BCUT2D eigenvalue weighted by Gasteiger charge is -2.49. The fourth-order valence-corrected chi connectivity index (χ4v) is 6.14. The highest BCUT2D eigenvalue weighted by atomic mass is 35.5. The van der Waals surface area contributed by atoms with Crippen molar-refractivity contribution in [3.63, 3.8) is 0 Å². The fourth-order valence-electron chi connectivity index (χ4n) is 5.72. The summed E-state index contributed by atoms with van der Waals surface area (Å²) in [5.41, 5.74) is 3.68. The Kier molecular flexibility index (Phi) is 5.18. The summed E-state index contributed by atoms with van der Waals surface area (Å²) in [6, 6.07) is 11.2. The van der Waals surface area contributed by atoms with Crippen LogP contribution in [-0.2, 0) is 15.0 Å². The van der Waals surface area contributed by atoms with Crippen molar-refractivity contribution in [1.82, 2.24) is 5.32 Å². The molecule has 1 fully saturated rings. The van der Waals surface area contributed by atoms with Crippen LogP contribution < -0.4 is 10.6 Å². The van der Waals surface area contributed by atoms with Crippen molar-refractivity contribution in [2.24, 2.45) is 11.8 Å². The lowest BCUT2D eigenvalue weighted by Crippen LogP contribution is -2.59. The number of allylic oxidation sites excluding steroid dienone is 4. The molecule has 2 aliphatic heterocycles. The van der Waals surface area contributed by atoms with E-state index in [1.807, 2.05) is 50.3 Å². The molecular weight excluding hydrogens is 443 g/mol. The molecule has 1 spiro atoms. The number of fused-ring (bicyclic) bond motifs is 2. The second kappa shape index (κ2) is 7.79. The van der Waals surface area contributed by atoms with Gasteiger partial charge in [-0.25, -0.2) is 0 Å². The van der Waals surface area contributed by atoms with Gasteiger partial charge in [-0.1, -0.05) is 65.2 Å². The van der Waals surface area contributed by atoms with E-state index in [0.29, 0.717) is 17.1 Å². The van der Waals surface area contributed by atoms with Crippen molar-refractivity contribution in [2.45, 2.75) is 38.1 Å². The van der Waals surface area contributed by atoms with Gasteiger partial charge in [0.2, 0.25) is 11.8 Å². The molecule has 4 nitrogen and oxygen atoms in total. The summed E-state index contributed by atoms with van der Waals surface area (Å²) in [6.07, 6.45) is 6.74. The Bertz CT molecular complexity index is 1200. The Morgan fingerprint density at radius 3 is 2.62 bits per heavy atom. The number of rotatable bonds is 2. The molecule has 0 bridgehead atoms. The SMILES string of the molecule is Cc1ccc(C)c([C@@H]2NC(=O)C[C@@H](C3C=CC=C(Cl)C3)[C@]23C(=O)Nc2cc(Cl)ccc23)c1. The van der Waals surface area contributed by atoms with Gasteiger partial charge in [0, 0.05) is 22.2 Å². The highest BCUT2D eigenvalue weighted by molar-refractivity contribution is 6.31. The molecule has 2 N–H and O–H groups in total. The maximum atomic E-state index is 14.0. The zero-order valence-corrected chi connectivity index (χ0v) is 19.4. The first-order chi connectivity index (χ1) is 15.3. The van der Waals surface area contributed by atoms with Crippen LogP contribution in [0, 0.1) is 25.7 Å². The Labute approximate surface area is 197 Å². The minimum absolute atomic E-state index is 0.0430. The minimum Gasteiger partial charge on any atom is -0.348 e. The number of hydrogen-bond donors (Lipinski definition) is 2. The maximum absolute atomic E-state index is 14.0. The molecule has 1 saturated heterocycles. The van der Waals surface area contributed by atoms with Crippen molar-refractivity contribution in [2.75, 3.05) is 5.32 Å². The van der Waals surface area contributed by atoms with E-state index < -0.39 is 11.5 Å². The number of carbonyl (C=O) groups excluding carboxylic acids is 2. The summed E-state index contributed by atoms with van der Waals surface area (Å²) in [4.78, 5) is 27.0. The van der Waals surface area contributed by atoms with Crippen LogP contribution in [0.1, 0.15) is 41.1 Å². The topological polar surface area (TPSA) is 58.2 Å². The zero-order chi connectivity index (χ0) is 22.6. The molecule has 4 atom stereocenters. The summed E-state index contributed by atoms with van der Waals surface area (Å²) < 4.78 is 0. The zero-order valence-electron chi connectivity index (χ0n) is 17.9. The third kappa shape index (κ3) is 3.20. The molecule has 2 heterocycles. The Hall–Kier alpha value is -2.56. The molecule has 164 valence electrons. The average Bonchev–Trinajstić information content (AvgIpc) is 3.02. The second-order valence-electron chi connectivity index (χ2n) is 9.05. The van der Waals surface area contributed by atoms with E-state index in [1.54, 1.807) is 6.07 Å². The van der Waals surface area contributed by atoms with Crippen molar-refractivity contribution in [3.8, 4) is 0 Å². The molecule has 1 unspecified atom stereocenters. The van der Waals surface area contributed by atoms with E-state index in [9.17, 15) is 9.59 Å². The summed E-state index contributed by atoms with van der Waals surface area (Å²) in [7, 11) is 0. The molecule has 6 heteroatoms. The molecule has 0 radical (unpaired) electrons. The van der Waals surface area contributed by atoms with Crippen LogP contribution in [0.15, 0.2) is 59.7 Å². The van der Waals surface area contributed by atoms with E-state index in [4.69, 9.17) is 23.2 Å². The van der Waals surface area contributed by atoms with Crippen LogP contribution in [0.3, 0.4) is 0 Å². The van der Waals surface area contributed by atoms with E-state index in [1.165, 1.54) is 0 Å². The molecular formula is C26H24Cl2N2O2. The lowest BCUT2D eigenvalue weighted by molar-refractivity contribution is -0.135. The minimum atomic E-state index is -0.976. The molecule has 1 aliphatic carbocycles. The largest absolute Gasteiger partial charge is 0.348 e. The summed E-state index contributed by atoms with van der Waals surface area (Å²) in [6.45, 7) is 4.04. The number of hydrogen-bond acceptors (Lipinski definition) is 2. The first-order valence-corrected chi connectivity index (χ1v) is 11.6. The van der Waals surface area contributed by atoms with Gasteiger partial charge >= 0.3 is 0 Å². The maximum Gasteiger partial charge on any atom is 0.237 e. The molecule has 2 amide bonds. The molecule has 2 aromatic rings. The van der Waals surface area contributed by atoms with Gasteiger partial charge in [0.1, 0.15) is 5.41 Å². The number of benzene rings is 2. The third-order valence-electron chi connectivity index (χ3n) is 7.13. The number of carbonyl (C=O) groups is 2. The molecule has 0 saturated carbocycles. The van der Waals surface area contributed by atoms with Crippen LogP contribution in [0.4, 0.5) is 5.69 Å². The smallest absolute Gasteiger partial charge is 0.237 e. The van der Waals surface area contributed by atoms with Gasteiger partial charge in [-0.05, 0) is 67.0 Å². The standard InChI is InChI=1S/C26H24Cl2N2O2/c1-14-6-7-15(2)19(10-14)24-26(20-9-8-18(28)12-22(20)29-25(26)32)21(13-23(31)30-24)16-4-3-5-17(27)11-16/h3-10,12,16,21,24H,11,13H2,1-2H3,(H,29,32)(H,30,31)/t16?,21-,24-,26-/m0/s1. The Morgan fingerprint density at radius 2 is 1.84 bits per heavy atom. The van der Waals surface area contributed by atoms with Crippen LogP contribution in [-0.4, -0.2) is 11.8 Å². The molecule has 3 aliphatic rings. The van der Waals surface area contributed by atoms with Gasteiger partial charge in [0.15, 0.2) is 0 Å². The predicted molar refractivity (Wildman–Crippen MR) is 128 cm³/mol. The second-order valence-corrected chi connectivity index (χ2v) is 9.97. The number of anilines is 1. The van der Waals surface area contributed by atoms with Crippen LogP contribution >= 0.6 is 23.2 Å². The first-order valence-electron chi connectivity index (χ1n) is 10.8. The van der Waals surface area contributed by atoms with Gasteiger partial charge in [-0.3, -0.25) is 9.59 Å². The van der Waals surface area contributed by atoms with Gasteiger partial charge in [-0.2, -0.15) is 0 Å². The average molecular weight is 467 g/mol. The Balaban J connectivity index is 1.78. The number of amides is 2. The van der Waals surface area contributed by atoms with Crippen LogP contribution in [0.25, 0.3) is 0 Å². The predicted octanol–water partition coefficient (Wildman–Crippen LogP) is 5.72. The van der Waals surface area contributed by atoms with E-state index in [0.717, 1.165) is 27.3 Å². The molecule has 0 aromatic heterocycles. The van der Waals surface area contributed by atoms with Crippen molar-refractivity contribution < 1.29 is 9.59 Å². The van der Waals surface area contributed by atoms with E-state index >= 15 is 0 Å². The normalized spacial score (nSPS) is 28.9. The van der Waals surface area contributed by atoms with Gasteiger partial charge in [-0.15, -0.1) is 0 Å². The molecule has 32 heavy (non-hydrogen) atoms. The summed E-state index contributed by atoms with van der Waals surface area (Å²) >= 11 is 12.7. The van der Waals surface area contributed by atoms with Crippen molar-refractivity contribution >= 4 is 40.7 Å². The van der Waals surface area contributed by atoms with Crippen LogP contribution in [0.5, 0.6) is 0 Å². The highest BCUT2D eigenvalue weighted by Gasteiger charge is 2.62. The Morgan fingerprint density at radius 1 is 1.03 bits per heavy atom. The summed E-state index contributed by atoms with van der Waals surface area (Å²) in [5, 5.41) is 7.57. The third-order valence-corrected chi connectivity index (χ3v) is 7.65. The monoisotopic (exact) mass is 466 g/mol. The highest BCUT2D eigenvalue weighted by Crippen LogP contribution is 2.57. The fraction of sp³-hybridized carbons (Fsp3) is 0.308. The molecule has 5 rings (SSSR count). The lowest BCUT2D eigenvalue weighted by atomic mass is 9.56.